The van der Waals surface area contributed by atoms with E-state index in [0.29, 0.717) is 0 Å². The Bertz CT molecular complexity index is 568. The van der Waals surface area contributed by atoms with E-state index in [4.69, 9.17) is 4.74 Å². The van der Waals surface area contributed by atoms with Crippen molar-refractivity contribution in [2.24, 2.45) is 0 Å². The fraction of sp³-hybridized carbons (Fsp3) is 0.353. The Kier molecular flexibility index (Phi) is 3.97. The molecular formula is C17H20N2O. The van der Waals surface area contributed by atoms with Crippen molar-refractivity contribution < 1.29 is 4.74 Å². The van der Waals surface area contributed by atoms with Crippen molar-refractivity contribution in [1.82, 2.24) is 10.3 Å². The van der Waals surface area contributed by atoms with E-state index < -0.39 is 0 Å². The third kappa shape index (κ3) is 2.68. The molecule has 2 heterocycles. The van der Waals surface area contributed by atoms with Crippen molar-refractivity contribution in [3.05, 3.63) is 59.4 Å². The predicted molar refractivity (Wildman–Crippen MR) is 80.0 cm³/mol. The van der Waals surface area contributed by atoms with Crippen LogP contribution in [0.4, 0.5) is 0 Å². The van der Waals surface area contributed by atoms with Crippen LogP contribution in [-0.4, -0.2) is 18.1 Å². The largest absolute Gasteiger partial charge is 0.493 e. The molecule has 1 unspecified atom stereocenters. The summed E-state index contributed by atoms with van der Waals surface area (Å²) >= 11 is 0. The molecule has 0 fully saturated rings. The predicted octanol–water partition coefficient (Wildman–Crippen LogP) is 3.11. The summed E-state index contributed by atoms with van der Waals surface area (Å²) in [6.45, 7) is 3.98. The minimum absolute atomic E-state index is 0.203. The topological polar surface area (TPSA) is 34.2 Å². The Hall–Kier alpha value is -1.87. The standard InChI is InChI=1S/C17H20N2O/c1-2-8-19-17(15-4-3-9-18-12-15)14-5-6-16-13(11-14)7-10-20-16/h3-6,9,11-12,17,19H,2,7-8,10H2,1H3. The number of aromatic nitrogens is 1. The van der Waals surface area contributed by atoms with Crippen molar-refractivity contribution in [1.29, 1.82) is 0 Å². The number of nitrogens with zero attached hydrogens (tertiary/aromatic N) is 1. The van der Waals surface area contributed by atoms with Crippen molar-refractivity contribution in [2.75, 3.05) is 13.2 Å². The lowest BCUT2D eigenvalue weighted by Gasteiger charge is -2.20. The van der Waals surface area contributed by atoms with Gasteiger partial charge >= 0.3 is 0 Å². The molecule has 20 heavy (non-hydrogen) atoms. The van der Waals surface area contributed by atoms with Crippen LogP contribution in [0.2, 0.25) is 0 Å². The van der Waals surface area contributed by atoms with Gasteiger partial charge in [-0.3, -0.25) is 4.98 Å². The van der Waals surface area contributed by atoms with Gasteiger partial charge in [0.2, 0.25) is 0 Å². The molecule has 3 nitrogen and oxygen atoms in total. The molecule has 1 atom stereocenters. The maximum atomic E-state index is 5.59. The summed E-state index contributed by atoms with van der Waals surface area (Å²) in [5.41, 5.74) is 3.81. The van der Waals surface area contributed by atoms with E-state index in [1.165, 1.54) is 16.7 Å². The summed E-state index contributed by atoms with van der Waals surface area (Å²) in [5, 5.41) is 3.61. The SMILES string of the molecule is CCCNC(c1cccnc1)c1ccc2c(c1)CCO2. The molecule has 0 aliphatic carbocycles. The Morgan fingerprint density at radius 2 is 2.25 bits per heavy atom. The van der Waals surface area contributed by atoms with Crippen molar-refractivity contribution in [2.45, 2.75) is 25.8 Å². The van der Waals surface area contributed by atoms with Gasteiger partial charge in [0.1, 0.15) is 5.75 Å². The highest BCUT2D eigenvalue weighted by Crippen LogP contribution is 2.30. The number of hydrogen-bond donors (Lipinski definition) is 1. The van der Waals surface area contributed by atoms with Gasteiger partial charge in [-0.05, 0) is 41.8 Å². The maximum absolute atomic E-state index is 5.59. The van der Waals surface area contributed by atoms with Crippen LogP contribution in [0.3, 0.4) is 0 Å². The fourth-order valence-electron chi connectivity index (χ4n) is 2.65. The molecule has 1 N–H and O–H groups in total. The van der Waals surface area contributed by atoms with Crippen LogP contribution in [0.15, 0.2) is 42.7 Å². The number of pyridine rings is 1. The molecule has 0 spiro atoms. The summed E-state index contributed by atoms with van der Waals surface area (Å²) < 4.78 is 5.59. The molecule has 2 aromatic rings. The fourth-order valence-corrected chi connectivity index (χ4v) is 2.65. The quantitative estimate of drug-likeness (QED) is 0.904. The maximum Gasteiger partial charge on any atom is 0.122 e. The Labute approximate surface area is 120 Å². The van der Waals surface area contributed by atoms with E-state index in [-0.39, 0.29) is 6.04 Å². The second-order valence-electron chi connectivity index (χ2n) is 5.14. The van der Waals surface area contributed by atoms with E-state index >= 15 is 0 Å². The van der Waals surface area contributed by atoms with Gasteiger partial charge < -0.3 is 10.1 Å². The second kappa shape index (κ2) is 6.06. The van der Waals surface area contributed by atoms with Gasteiger partial charge in [-0.1, -0.05) is 25.1 Å². The molecule has 1 aliphatic rings. The van der Waals surface area contributed by atoms with E-state index in [0.717, 1.165) is 31.7 Å². The van der Waals surface area contributed by atoms with Crippen LogP contribution in [0, 0.1) is 0 Å². The second-order valence-corrected chi connectivity index (χ2v) is 5.14. The number of hydrogen-bond acceptors (Lipinski definition) is 3. The van der Waals surface area contributed by atoms with Crippen LogP contribution in [0.25, 0.3) is 0 Å². The normalized spacial score (nSPS) is 14.7. The van der Waals surface area contributed by atoms with Gasteiger partial charge in [0.05, 0.1) is 12.6 Å². The number of nitrogens with one attached hydrogen (secondary N) is 1. The summed E-state index contributed by atoms with van der Waals surface area (Å²) in [6, 6.07) is 10.8. The lowest BCUT2D eigenvalue weighted by atomic mass is 9.97. The van der Waals surface area contributed by atoms with E-state index in [2.05, 4.69) is 41.5 Å². The van der Waals surface area contributed by atoms with E-state index in [9.17, 15) is 0 Å². The minimum atomic E-state index is 0.203. The van der Waals surface area contributed by atoms with Crippen LogP contribution in [-0.2, 0) is 6.42 Å². The van der Waals surface area contributed by atoms with Gasteiger partial charge in [0.15, 0.2) is 0 Å². The summed E-state index contributed by atoms with van der Waals surface area (Å²) in [7, 11) is 0. The zero-order chi connectivity index (χ0) is 13.8. The van der Waals surface area contributed by atoms with Crippen molar-refractivity contribution in [3.63, 3.8) is 0 Å². The van der Waals surface area contributed by atoms with Gasteiger partial charge in [-0.15, -0.1) is 0 Å². The van der Waals surface area contributed by atoms with Crippen LogP contribution in [0.5, 0.6) is 5.75 Å². The molecule has 0 radical (unpaired) electrons. The molecule has 0 bridgehead atoms. The molecule has 3 rings (SSSR count). The Balaban J connectivity index is 1.92. The van der Waals surface area contributed by atoms with Gasteiger partial charge in [-0.2, -0.15) is 0 Å². The molecule has 3 heteroatoms. The number of fused-ring (bicyclic) bond motifs is 1. The molecule has 1 aromatic carbocycles. The van der Waals surface area contributed by atoms with E-state index in [1.807, 2.05) is 18.5 Å². The molecule has 0 saturated heterocycles. The molecule has 0 saturated carbocycles. The highest BCUT2D eigenvalue weighted by atomic mass is 16.5. The third-order valence-electron chi connectivity index (χ3n) is 3.66. The van der Waals surface area contributed by atoms with Crippen molar-refractivity contribution in [3.8, 4) is 5.75 Å². The smallest absolute Gasteiger partial charge is 0.122 e. The zero-order valence-electron chi connectivity index (χ0n) is 11.8. The lowest BCUT2D eigenvalue weighted by Crippen LogP contribution is -2.23. The molecule has 104 valence electrons. The first kappa shape index (κ1) is 13.1. The molecule has 0 amide bonds. The van der Waals surface area contributed by atoms with Gasteiger partial charge in [0, 0.05) is 18.8 Å². The summed E-state index contributed by atoms with van der Waals surface area (Å²) in [4.78, 5) is 4.25. The average Bonchev–Trinajstić information content (AvgIpc) is 2.96. The van der Waals surface area contributed by atoms with Gasteiger partial charge in [-0.25, -0.2) is 0 Å². The zero-order valence-corrected chi connectivity index (χ0v) is 11.8. The Morgan fingerprint density at radius 1 is 1.30 bits per heavy atom. The first-order chi connectivity index (χ1) is 9.88. The van der Waals surface area contributed by atoms with Crippen LogP contribution in [0.1, 0.15) is 36.1 Å². The first-order valence-corrected chi connectivity index (χ1v) is 7.27. The lowest BCUT2D eigenvalue weighted by molar-refractivity contribution is 0.357. The van der Waals surface area contributed by atoms with Crippen LogP contribution < -0.4 is 10.1 Å². The first-order valence-electron chi connectivity index (χ1n) is 7.27. The number of benzene rings is 1. The molecular weight excluding hydrogens is 248 g/mol. The van der Waals surface area contributed by atoms with Crippen LogP contribution >= 0.6 is 0 Å². The Morgan fingerprint density at radius 3 is 3.05 bits per heavy atom. The van der Waals surface area contributed by atoms with Crippen molar-refractivity contribution >= 4 is 0 Å². The number of rotatable bonds is 5. The summed E-state index contributed by atoms with van der Waals surface area (Å²) in [5.74, 6) is 1.04. The highest BCUT2D eigenvalue weighted by molar-refractivity contribution is 5.43. The number of ether oxygens (including phenoxy) is 1. The minimum Gasteiger partial charge on any atom is -0.493 e. The molecule has 1 aliphatic heterocycles. The third-order valence-corrected chi connectivity index (χ3v) is 3.66. The molecule has 1 aromatic heterocycles. The monoisotopic (exact) mass is 268 g/mol. The van der Waals surface area contributed by atoms with Gasteiger partial charge in [0.25, 0.3) is 0 Å². The average molecular weight is 268 g/mol. The summed E-state index contributed by atoms with van der Waals surface area (Å²) in [6.07, 6.45) is 5.88. The highest BCUT2D eigenvalue weighted by Gasteiger charge is 2.18. The van der Waals surface area contributed by atoms with E-state index in [1.54, 1.807) is 0 Å².